The molecule has 2 heterocycles. The quantitative estimate of drug-likeness (QED) is 0.736. The fourth-order valence-corrected chi connectivity index (χ4v) is 3.09. The lowest BCUT2D eigenvalue weighted by molar-refractivity contribution is -0.139. The van der Waals surface area contributed by atoms with Crippen LogP contribution in [0.4, 0.5) is 0 Å². The molecule has 4 nitrogen and oxygen atoms in total. The van der Waals surface area contributed by atoms with Gasteiger partial charge in [-0.05, 0) is 37.5 Å². The van der Waals surface area contributed by atoms with Gasteiger partial charge in [0.05, 0.1) is 0 Å². The van der Waals surface area contributed by atoms with E-state index < -0.39 is 12.0 Å². The SMILES string of the molecule is Cc1ccc(C)c2c3c([nH]c12)C(C)NC(C(=O)O)C3. The van der Waals surface area contributed by atoms with E-state index in [2.05, 4.69) is 36.3 Å². The van der Waals surface area contributed by atoms with E-state index in [1.165, 1.54) is 16.5 Å². The first-order valence-electron chi connectivity index (χ1n) is 6.58. The van der Waals surface area contributed by atoms with E-state index in [1.807, 2.05) is 6.92 Å². The highest BCUT2D eigenvalue weighted by Crippen LogP contribution is 2.34. The molecule has 0 aliphatic carbocycles. The maximum atomic E-state index is 11.2. The molecule has 4 heteroatoms. The zero-order chi connectivity index (χ0) is 13.7. The van der Waals surface area contributed by atoms with Crippen LogP contribution in [0.25, 0.3) is 10.9 Å². The summed E-state index contributed by atoms with van der Waals surface area (Å²) >= 11 is 0. The first-order valence-corrected chi connectivity index (χ1v) is 6.58. The topological polar surface area (TPSA) is 65.1 Å². The van der Waals surface area contributed by atoms with Gasteiger partial charge in [-0.1, -0.05) is 12.1 Å². The third-order valence-electron chi connectivity index (χ3n) is 4.10. The van der Waals surface area contributed by atoms with E-state index in [9.17, 15) is 9.90 Å². The third-order valence-corrected chi connectivity index (χ3v) is 4.10. The van der Waals surface area contributed by atoms with Crippen molar-refractivity contribution in [2.75, 3.05) is 0 Å². The van der Waals surface area contributed by atoms with Gasteiger partial charge in [-0.15, -0.1) is 0 Å². The van der Waals surface area contributed by atoms with Gasteiger partial charge >= 0.3 is 5.97 Å². The number of nitrogens with one attached hydrogen (secondary N) is 2. The lowest BCUT2D eigenvalue weighted by Crippen LogP contribution is -2.43. The van der Waals surface area contributed by atoms with Gasteiger partial charge in [-0.2, -0.15) is 0 Å². The van der Waals surface area contributed by atoms with E-state index in [-0.39, 0.29) is 6.04 Å². The molecule has 0 amide bonds. The van der Waals surface area contributed by atoms with Gasteiger partial charge < -0.3 is 10.1 Å². The minimum atomic E-state index is -0.780. The highest BCUT2D eigenvalue weighted by atomic mass is 16.4. The Morgan fingerprint density at radius 2 is 2.00 bits per heavy atom. The molecule has 0 saturated heterocycles. The summed E-state index contributed by atoms with van der Waals surface area (Å²) < 4.78 is 0. The predicted molar refractivity (Wildman–Crippen MR) is 74.5 cm³/mol. The highest BCUT2D eigenvalue weighted by Gasteiger charge is 2.31. The van der Waals surface area contributed by atoms with Crippen LogP contribution >= 0.6 is 0 Å². The molecule has 0 spiro atoms. The van der Waals surface area contributed by atoms with Gasteiger partial charge in [0.1, 0.15) is 6.04 Å². The minimum absolute atomic E-state index is 0.0380. The van der Waals surface area contributed by atoms with Crippen molar-refractivity contribution < 1.29 is 9.90 Å². The van der Waals surface area contributed by atoms with Crippen molar-refractivity contribution in [3.05, 3.63) is 34.5 Å². The number of aryl methyl sites for hydroxylation is 2. The molecule has 2 atom stereocenters. The van der Waals surface area contributed by atoms with Crippen LogP contribution in [0.15, 0.2) is 12.1 Å². The number of aliphatic carboxylic acids is 1. The third kappa shape index (κ3) is 1.75. The smallest absolute Gasteiger partial charge is 0.321 e. The van der Waals surface area contributed by atoms with Crippen molar-refractivity contribution in [3.63, 3.8) is 0 Å². The van der Waals surface area contributed by atoms with E-state index in [0.29, 0.717) is 6.42 Å². The molecule has 0 fully saturated rings. The Labute approximate surface area is 111 Å². The van der Waals surface area contributed by atoms with Gasteiger partial charge in [0.25, 0.3) is 0 Å². The first kappa shape index (κ1) is 12.2. The monoisotopic (exact) mass is 258 g/mol. The summed E-state index contributed by atoms with van der Waals surface area (Å²) in [6, 6.07) is 3.75. The van der Waals surface area contributed by atoms with Crippen LogP contribution < -0.4 is 5.32 Å². The van der Waals surface area contributed by atoms with E-state index in [4.69, 9.17) is 0 Å². The van der Waals surface area contributed by atoms with Crippen LogP contribution in [-0.2, 0) is 11.2 Å². The lowest BCUT2D eigenvalue weighted by atomic mass is 9.92. The van der Waals surface area contributed by atoms with Crippen LogP contribution in [0.1, 0.15) is 35.3 Å². The van der Waals surface area contributed by atoms with Crippen molar-refractivity contribution in [3.8, 4) is 0 Å². The largest absolute Gasteiger partial charge is 0.480 e. The van der Waals surface area contributed by atoms with Gasteiger partial charge in [0.15, 0.2) is 0 Å². The molecule has 1 aromatic heterocycles. The van der Waals surface area contributed by atoms with Crippen LogP contribution in [0.2, 0.25) is 0 Å². The molecule has 2 aromatic rings. The Kier molecular flexibility index (Phi) is 2.64. The molecule has 1 aliphatic heterocycles. The summed E-state index contributed by atoms with van der Waals surface area (Å²) in [4.78, 5) is 14.7. The number of aromatic nitrogens is 1. The van der Waals surface area contributed by atoms with Crippen LogP contribution in [0, 0.1) is 13.8 Å². The molecule has 1 aliphatic rings. The number of carboxylic acid groups (broad SMARTS) is 1. The molecule has 3 rings (SSSR count). The highest BCUT2D eigenvalue weighted by molar-refractivity contribution is 5.91. The van der Waals surface area contributed by atoms with Gasteiger partial charge in [0, 0.05) is 29.1 Å². The summed E-state index contributed by atoms with van der Waals surface area (Å²) in [7, 11) is 0. The van der Waals surface area contributed by atoms with Crippen LogP contribution in [0.3, 0.4) is 0 Å². The fourth-order valence-electron chi connectivity index (χ4n) is 3.09. The van der Waals surface area contributed by atoms with Crippen molar-refractivity contribution in [1.82, 2.24) is 10.3 Å². The zero-order valence-electron chi connectivity index (χ0n) is 11.4. The standard InChI is InChI=1S/C15H18N2O2/c1-7-4-5-8(2)13-12(7)10-6-11(15(18)19)16-9(3)14(10)17-13/h4-5,9,11,16-17H,6H2,1-3H3,(H,18,19). The Bertz CT molecular complexity index is 672. The molecule has 0 radical (unpaired) electrons. The van der Waals surface area contributed by atoms with Crippen LogP contribution in [-0.4, -0.2) is 22.1 Å². The van der Waals surface area contributed by atoms with Crippen molar-refractivity contribution in [1.29, 1.82) is 0 Å². The molecule has 3 N–H and O–H groups in total. The molecular weight excluding hydrogens is 240 g/mol. The molecular formula is C15H18N2O2. The van der Waals surface area contributed by atoms with Gasteiger partial charge in [-0.3, -0.25) is 10.1 Å². The number of hydrogen-bond donors (Lipinski definition) is 3. The molecule has 19 heavy (non-hydrogen) atoms. The first-order chi connectivity index (χ1) is 8.99. The average molecular weight is 258 g/mol. The second-order valence-corrected chi connectivity index (χ2v) is 5.45. The summed E-state index contributed by atoms with van der Waals surface area (Å²) in [5, 5.41) is 13.6. The molecule has 2 unspecified atom stereocenters. The second-order valence-electron chi connectivity index (χ2n) is 5.45. The van der Waals surface area contributed by atoms with Gasteiger partial charge in [-0.25, -0.2) is 0 Å². The summed E-state index contributed by atoms with van der Waals surface area (Å²) in [6.45, 7) is 6.17. The number of hydrogen-bond acceptors (Lipinski definition) is 2. The number of benzene rings is 1. The Hall–Kier alpha value is -1.81. The number of aromatic amines is 1. The predicted octanol–water partition coefficient (Wildman–Crippen LogP) is 2.44. The number of carbonyl (C=O) groups is 1. The van der Waals surface area contributed by atoms with Crippen molar-refractivity contribution in [2.24, 2.45) is 0 Å². The summed E-state index contributed by atoms with van der Waals surface area (Å²) in [6.07, 6.45) is 0.541. The fraction of sp³-hybridized carbons (Fsp3) is 0.400. The average Bonchev–Trinajstić information content (AvgIpc) is 2.75. The molecule has 0 bridgehead atoms. The van der Waals surface area contributed by atoms with Crippen molar-refractivity contribution >= 4 is 16.9 Å². The van der Waals surface area contributed by atoms with Gasteiger partial charge in [0.2, 0.25) is 0 Å². The minimum Gasteiger partial charge on any atom is -0.480 e. The summed E-state index contributed by atoms with van der Waals surface area (Å²) in [5.41, 5.74) is 5.84. The number of rotatable bonds is 1. The molecule has 1 aromatic carbocycles. The van der Waals surface area contributed by atoms with Crippen molar-refractivity contribution in [2.45, 2.75) is 39.3 Å². The normalized spacial score (nSPS) is 22.5. The Morgan fingerprint density at radius 1 is 1.32 bits per heavy atom. The maximum absolute atomic E-state index is 11.2. The Morgan fingerprint density at radius 3 is 2.68 bits per heavy atom. The zero-order valence-corrected chi connectivity index (χ0v) is 11.4. The lowest BCUT2D eigenvalue weighted by Gasteiger charge is -2.26. The van der Waals surface area contributed by atoms with Crippen LogP contribution in [0.5, 0.6) is 0 Å². The Balaban J connectivity index is 2.26. The second kappa shape index (κ2) is 4.10. The van der Waals surface area contributed by atoms with E-state index >= 15 is 0 Å². The molecule has 0 saturated carbocycles. The summed E-state index contributed by atoms with van der Waals surface area (Å²) in [5.74, 6) is -0.780. The number of carboxylic acids is 1. The maximum Gasteiger partial charge on any atom is 0.321 e. The van der Waals surface area contributed by atoms with E-state index in [1.54, 1.807) is 0 Å². The number of H-pyrrole nitrogens is 1. The van der Waals surface area contributed by atoms with E-state index in [0.717, 1.165) is 16.8 Å². The molecule has 100 valence electrons. The number of fused-ring (bicyclic) bond motifs is 3.